The van der Waals surface area contributed by atoms with Crippen molar-refractivity contribution in [3.05, 3.63) is 30.3 Å². The normalized spacial score (nSPS) is 26.2. The van der Waals surface area contributed by atoms with Crippen molar-refractivity contribution < 1.29 is 8.42 Å². The van der Waals surface area contributed by atoms with Crippen molar-refractivity contribution >= 4 is 21.5 Å². The molecule has 1 N–H and O–H groups in total. The molecule has 4 rings (SSSR count). The van der Waals surface area contributed by atoms with Gasteiger partial charge in [-0.25, -0.2) is 8.42 Å². The van der Waals surface area contributed by atoms with Gasteiger partial charge in [0.05, 0.1) is 11.5 Å². The number of benzene rings is 1. The second-order valence-corrected chi connectivity index (χ2v) is 9.89. The van der Waals surface area contributed by atoms with E-state index in [0.29, 0.717) is 24.1 Å². The summed E-state index contributed by atoms with van der Waals surface area (Å²) in [4.78, 5) is 9.57. The Kier molecular flexibility index (Phi) is 5.07. The highest BCUT2D eigenvalue weighted by molar-refractivity contribution is 7.91. The fourth-order valence-corrected chi connectivity index (χ4v) is 5.54. The van der Waals surface area contributed by atoms with Crippen LogP contribution in [0.5, 0.6) is 0 Å². The maximum atomic E-state index is 11.7. The van der Waals surface area contributed by atoms with Crippen LogP contribution in [-0.4, -0.2) is 69.5 Å². The van der Waals surface area contributed by atoms with Crippen LogP contribution in [0.3, 0.4) is 0 Å². The molecule has 2 saturated heterocycles. The van der Waals surface area contributed by atoms with E-state index in [9.17, 15) is 8.42 Å². The second-order valence-electron chi connectivity index (χ2n) is 7.66. The van der Waals surface area contributed by atoms with E-state index in [-0.39, 0.29) is 5.92 Å². The van der Waals surface area contributed by atoms with Gasteiger partial charge in [0, 0.05) is 44.5 Å². The van der Waals surface area contributed by atoms with Gasteiger partial charge in [0.15, 0.2) is 15.8 Å². The Morgan fingerprint density at radius 1 is 1.08 bits per heavy atom. The minimum Gasteiger partial charge on any atom is -0.368 e. The monoisotopic (exact) mass is 376 g/mol. The van der Waals surface area contributed by atoms with E-state index in [2.05, 4.69) is 39.4 Å². The van der Waals surface area contributed by atoms with E-state index in [1.54, 1.807) is 0 Å². The smallest absolute Gasteiger partial charge is 0.194 e. The van der Waals surface area contributed by atoms with E-state index >= 15 is 0 Å². The highest BCUT2D eigenvalue weighted by Crippen LogP contribution is 2.22. The van der Waals surface area contributed by atoms with Gasteiger partial charge in [0.1, 0.15) is 0 Å². The number of sulfone groups is 1. The topological polar surface area (TPSA) is 65.0 Å². The lowest BCUT2D eigenvalue weighted by Crippen LogP contribution is -2.53. The number of hydrogen-bond acceptors (Lipinski definition) is 4. The summed E-state index contributed by atoms with van der Waals surface area (Å²) in [6.07, 6.45) is 3.17. The predicted octanol–water partition coefficient (Wildman–Crippen LogP) is 1.35. The van der Waals surface area contributed by atoms with Gasteiger partial charge in [-0.2, -0.15) is 0 Å². The van der Waals surface area contributed by atoms with Crippen molar-refractivity contribution in [2.24, 2.45) is 10.9 Å². The zero-order valence-corrected chi connectivity index (χ0v) is 16.0. The lowest BCUT2D eigenvalue weighted by atomic mass is 10.1. The van der Waals surface area contributed by atoms with Gasteiger partial charge in [0.25, 0.3) is 0 Å². The maximum absolute atomic E-state index is 11.7. The molecule has 2 heterocycles. The van der Waals surface area contributed by atoms with Crippen molar-refractivity contribution in [3.63, 3.8) is 0 Å². The number of nitrogens with one attached hydrogen (secondary N) is 1. The number of rotatable bonds is 4. The zero-order valence-electron chi connectivity index (χ0n) is 15.2. The van der Waals surface area contributed by atoms with Gasteiger partial charge < -0.3 is 15.1 Å². The average Bonchev–Trinajstić information content (AvgIpc) is 3.41. The molecule has 0 amide bonds. The molecule has 26 heavy (non-hydrogen) atoms. The van der Waals surface area contributed by atoms with Crippen molar-refractivity contribution in [2.45, 2.75) is 25.3 Å². The van der Waals surface area contributed by atoms with Crippen LogP contribution >= 0.6 is 0 Å². The Labute approximate surface area is 156 Å². The summed E-state index contributed by atoms with van der Waals surface area (Å²) in [7, 11) is -2.83. The molecular weight excluding hydrogens is 348 g/mol. The summed E-state index contributed by atoms with van der Waals surface area (Å²) in [6, 6.07) is 11.1. The molecule has 6 nitrogen and oxygen atoms in total. The minimum atomic E-state index is -2.83. The fourth-order valence-electron chi connectivity index (χ4n) is 3.69. The Hall–Kier alpha value is -1.76. The van der Waals surface area contributed by atoms with Crippen LogP contribution < -0.4 is 10.2 Å². The van der Waals surface area contributed by atoms with Gasteiger partial charge in [0.2, 0.25) is 0 Å². The average molecular weight is 377 g/mol. The first-order valence-electron chi connectivity index (χ1n) is 9.65. The summed E-state index contributed by atoms with van der Waals surface area (Å²) in [5, 5.41) is 3.57. The molecule has 0 spiro atoms. The van der Waals surface area contributed by atoms with Crippen LogP contribution in [0.2, 0.25) is 0 Å². The Balaban J connectivity index is 1.37. The molecule has 1 aromatic rings. The summed E-state index contributed by atoms with van der Waals surface area (Å²) >= 11 is 0. The minimum absolute atomic E-state index is 0.182. The van der Waals surface area contributed by atoms with Gasteiger partial charge in [-0.15, -0.1) is 0 Å². The molecule has 0 aromatic heterocycles. The summed E-state index contributed by atoms with van der Waals surface area (Å²) in [5.41, 5.74) is 1.27. The molecular formula is C19H28N4O2S. The predicted molar refractivity (Wildman–Crippen MR) is 105 cm³/mol. The largest absolute Gasteiger partial charge is 0.368 e. The lowest BCUT2D eigenvalue weighted by molar-refractivity contribution is 0.370. The summed E-state index contributed by atoms with van der Waals surface area (Å²) in [5.74, 6) is 1.79. The van der Waals surface area contributed by atoms with E-state index < -0.39 is 9.84 Å². The summed E-state index contributed by atoms with van der Waals surface area (Å²) < 4.78 is 23.3. The molecule has 1 atom stereocenters. The van der Waals surface area contributed by atoms with Crippen LogP contribution in [0.15, 0.2) is 35.3 Å². The third kappa shape index (κ3) is 4.50. The molecule has 142 valence electrons. The third-order valence-electron chi connectivity index (χ3n) is 5.44. The molecule has 1 saturated carbocycles. The van der Waals surface area contributed by atoms with Crippen LogP contribution in [0.4, 0.5) is 5.69 Å². The first-order chi connectivity index (χ1) is 12.6. The number of anilines is 1. The van der Waals surface area contributed by atoms with Gasteiger partial charge >= 0.3 is 0 Å². The lowest BCUT2D eigenvalue weighted by Gasteiger charge is -2.38. The van der Waals surface area contributed by atoms with E-state index in [4.69, 9.17) is 4.99 Å². The number of guanidine groups is 1. The number of piperazine rings is 1. The molecule has 0 bridgehead atoms. The van der Waals surface area contributed by atoms with E-state index in [1.165, 1.54) is 18.5 Å². The molecule has 7 heteroatoms. The number of aliphatic imine (C=N–C) groups is 1. The Bertz CT molecular complexity index is 738. The zero-order chi connectivity index (χ0) is 18.0. The number of para-hydroxylation sites is 1. The van der Waals surface area contributed by atoms with Gasteiger partial charge in [-0.05, 0) is 37.3 Å². The standard InChI is InChI=1S/C19H28N4O2S/c24-26(25)13-8-16(15-26)14-20-19(21-17-6-7-17)23-11-9-22(10-12-23)18-4-2-1-3-5-18/h1-5,16-17H,6-15H2,(H,20,21). The van der Waals surface area contributed by atoms with Crippen molar-refractivity contribution in [1.82, 2.24) is 10.2 Å². The first-order valence-corrected chi connectivity index (χ1v) is 11.5. The molecule has 1 aromatic carbocycles. The Morgan fingerprint density at radius 2 is 1.81 bits per heavy atom. The highest BCUT2D eigenvalue weighted by atomic mass is 32.2. The van der Waals surface area contributed by atoms with Crippen LogP contribution in [0.1, 0.15) is 19.3 Å². The Morgan fingerprint density at radius 3 is 2.42 bits per heavy atom. The maximum Gasteiger partial charge on any atom is 0.194 e. The van der Waals surface area contributed by atoms with Gasteiger partial charge in [-0.1, -0.05) is 18.2 Å². The number of nitrogens with zero attached hydrogens (tertiary/aromatic N) is 3. The van der Waals surface area contributed by atoms with Crippen LogP contribution in [0.25, 0.3) is 0 Å². The second kappa shape index (κ2) is 7.47. The molecule has 1 unspecified atom stereocenters. The SMILES string of the molecule is O=S1(=O)CCC(CN=C(NC2CC2)N2CCN(c3ccccc3)CC2)C1. The van der Waals surface area contributed by atoms with Crippen LogP contribution in [0, 0.1) is 5.92 Å². The molecule has 0 radical (unpaired) electrons. The third-order valence-corrected chi connectivity index (χ3v) is 7.27. The van der Waals surface area contributed by atoms with Crippen molar-refractivity contribution in [2.75, 3.05) is 49.1 Å². The summed E-state index contributed by atoms with van der Waals surface area (Å²) in [6.45, 7) is 4.46. The molecule has 3 fully saturated rings. The van der Waals surface area contributed by atoms with E-state index in [0.717, 1.165) is 38.6 Å². The number of hydrogen-bond donors (Lipinski definition) is 1. The molecule has 2 aliphatic heterocycles. The van der Waals surface area contributed by atoms with E-state index in [1.807, 2.05) is 6.07 Å². The highest BCUT2D eigenvalue weighted by Gasteiger charge is 2.30. The van der Waals surface area contributed by atoms with Crippen LogP contribution in [-0.2, 0) is 9.84 Å². The van der Waals surface area contributed by atoms with Gasteiger partial charge in [-0.3, -0.25) is 4.99 Å². The van der Waals surface area contributed by atoms with Crippen molar-refractivity contribution in [1.29, 1.82) is 0 Å². The molecule has 3 aliphatic rings. The fraction of sp³-hybridized carbons (Fsp3) is 0.632. The first kappa shape index (κ1) is 17.6. The van der Waals surface area contributed by atoms with Crippen molar-refractivity contribution in [3.8, 4) is 0 Å². The molecule has 1 aliphatic carbocycles. The quantitative estimate of drug-likeness (QED) is 0.635.